The van der Waals surface area contributed by atoms with Crippen LogP contribution >= 0.6 is 0 Å². The van der Waals surface area contributed by atoms with Gasteiger partial charge in [-0.3, -0.25) is 9.78 Å². The molecule has 1 aromatic rings. The van der Waals surface area contributed by atoms with Crippen LogP contribution in [0.1, 0.15) is 10.5 Å². The first-order valence-electron chi connectivity index (χ1n) is 3.04. The number of aromatic nitrogens is 1. The van der Waals surface area contributed by atoms with E-state index in [1.54, 1.807) is 0 Å². The number of hydrogen-bond acceptors (Lipinski definition) is 2. The summed E-state index contributed by atoms with van der Waals surface area (Å²) in [5, 5.41) is 0. The van der Waals surface area contributed by atoms with Crippen LogP contribution in [-0.2, 0) is 0 Å². The van der Waals surface area contributed by atoms with Crippen molar-refractivity contribution in [3.63, 3.8) is 0 Å². The number of halogens is 3. The molecule has 3 nitrogen and oxygen atoms in total. The summed E-state index contributed by atoms with van der Waals surface area (Å²) in [6.07, 6.45) is -3.70. The van der Waals surface area contributed by atoms with Gasteiger partial charge in [0.2, 0.25) is 0 Å². The van der Waals surface area contributed by atoms with E-state index >= 15 is 0 Å². The second kappa shape index (κ2) is 3.99. The molecule has 0 atom stereocenters. The zero-order chi connectivity index (χ0) is 9.19. The molecule has 0 unspecified atom stereocenters. The van der Waals surface area contributed by atoms with Crippen molar-refractivity contribution in [2.75, 3.05) is 0 Å². The van der Waals surface area contributed by atoms with Crippen molar-refractivity contribution in [1.82, 2.24) is 4.98 Å². The highest BCUT2D eigenvalue weighted by Crippen LogP contribution is 2.19. The van der Waals surface area contributed by atoms with E-state index in [9.17, 15) is 18.0 Å². The molecule has 1 aromatic heterocycles. The predicted molar refractivity (Wildman–Crippen MR) is 38.2 cm³/mol. The van der Waals surface area contributed by atoms with Gasteiger partial charge in [0.25, 0.3) is 5.78 Å². The lowest BCUT2D eigenvalue weighted by Crippen LogP contribution is -2.23. The Kier molecular flexibility index (Phi) is 3.55. The normalized spacial score (nSPS) is 10.4. The Hall–Kier alpha value is -1.43. The van der Waals surface area contributed by atoms with Crippen LogP contribution in [0.5, 0.6) is 0 Å². The van der Waals surface area contributed by atoms with E-state index in [4.69, 9.17) is 0 Å². The highest BCUT2D eigenvalue weighted by atomic mass is 19.4. The van der Waals surface area contributed by atoms with Gasteiger partial charge in [0.1, 0.15) is 5.69 Å². The van der Waals surface area contributed by atoms with Crippen LogP contribution in [0.4, 0.5) is 13.2 Å². The smallest absolute Gasteiger partial charge is 0.412 e. The fourth-order valence-corrected chi connectivity index (χ4v) is 0.642. The zero-order valence-electron chi connectivity index (χ0n) is 6.30. The lowest BCUT2D eigenvalue weighted by Gasteiger charge is -2.02. The second-order valence-corrected chi connectivity index (χ2v) is 2.04. The number of alkyl halides is 3. The Balaban J connectivity index is 0.00000144. The minimum atomic E-state index is -4.84. The summed E-state index contributed by atoms with van der Waals surface area (Å²) in [4.78, 5) is 13.8. The van der Waals surface area contributed by atoms with Crippen molar-refractivity contribution in [1.29, 1.82) is 0 Å². The van der Waals surface area contributed by atoms with E-state index in [1.807, 2.05) is 0 Å². The number of pyridine rings is 1. The summed E-state index contributed by atoms with van der Waals surface area (Å²) >= 11 is 0. The van der Waals surface area contributed by atoms with Crippen molar-refractivity contribution in [3.05, 3.63) is 30.1 Å². The lowest BCUT2D eigenvalue weighted by molar-refractivity contribution is -0.0888. The average molecular weight is 193 g/mol. The van der Waals surface area contributed by atoms with Gasteiger partial charge in [0.05, 0.1) is 0 Å². The number of ketones is 1. The van der Waals surface area contributed by atoms with Crippen LogP contribution in [0, 0.1) is 0 Å². The molecule has 13 heavy (non-hydrogen) atoms. The number of carbonyl (C=O) groups excluding carboxylic acids is 1. The quantitative estimate of drug-likeness (QED) is 0.624. The molecule has 0 saturated heterocycles. The molecule has 0 saturated carbocycles. The van der Waals surface area contributed by atoms with E-state index in [2.05, 4.69) is 4.98 Å². The van der Waals surface area contributed by atoms with E-state index in [-0.39, 0.29) is 5.48 Å². The third-order valence-electron chi connectivity index (χ3n) is 1.15. The Labute approximate surface area is 71.5 Å². The number of nitrogens with zero attached hydrogens (tertiary/aromatic N) is 1. The van der Waals surface area contributed by atoms with Crippen LogP contribution in [0.3, 0.4) is 0 Å². The van der Waals surface area contributed by atoms with Crippen LogP contribution in [0.2, 0.25) is 0 Å². The van der Waals surface area contributed by atoms with Crippen LogP contribution in [-0.4, -0.2) is 22.4 Å². The van der Waals surface area contributed by atoms with Gasteiger partial charge >= 0.3 is 6.18 Å². The van der Waals surface area contributed by atoms with Gasteiger partial charge < -0.3 is 5.48 Å². The van der Waals surface area contributed by atoms with Gasteiger partial charge in [-0.2, -0.15) is 13.2 Å². The predicted octanol–water partition coefficient (Wildman–Crippen LogP) is 1.00. The number of carbonyl (C=O) groups is 1. The number of hydrogen-bond donors (Lipinski definition) is 0. The summed E-state index contributed by atoms with van der Waals surface area (Å²) in [6.45, 7) is 0. The standard InChI is InChI=1S/C7H4F3NO.H2O/c8-7(9,10)6(12)5-3-1-2-4-11-5;/h1-4H;1H2. The lowest BCUT2D eigenvalue weighted by atomic mass is 10.2. The molecule has 0 aliphatic heterocycles. The molecule has 0 aliphatic carbocycles. The summed E-state index contributed by atoms with van der Waals surface area (Å²) < 4.78 is 35.2. The highest BCUT2D eigenvalue weighted by Gasteiger charge is 2.39. The summed E-state index contributed by atoms with van der Waals surface area (Å²) in [5.41, 5.74) is -0.579. The van der Waals surface area contributed by atoms with Crippen molar-refractivity contribution in [2.45, 2.75) is 6.18 Å². The van der Waals surface area contributed by atoms with Crippen molar-refractivity contribution >= 4 is 5.78 Å². The Bertz CT molecular complexity index is 284. The number of rotatable bonds is 1. The summed E-state index contributed by atoms with van der Waals surface area (Å²) in [7, 11) is 0. The maximum absolute atomic E-state index is 11.7. The molecule has 0 aromatic carbocycles. The Morgan fingerprint density at radius 2 is 1.92 bits per heavy atom. The molecule has 0 bridgehead atoms. The molecule has 0 radical (unpaired) electrons. The van der Waals surface area contributed by atoms with Gasteiger partial charge in [0.15, 0.2) is 0 Å². The molecular formula is C7H6F3NO2. The van der Waals surface area contributed by atoms with Crippen molar-refractivity contribution in [3.8, 4) is 0 Å². The van der Waals surface area contributed by atoms with E-state index in [0.29, 0.717) is 0 Å². The van der Waals surface area contributed by atoms with E-state index in [1.165, 1.54) is 12.1 Å². The average Bonchev–Trinajstić information content (AvgIpc) is 2.03. The topological polar surface area (TPSA) is 61.5 Å². The van der Waals surface area contributed by atoms with Gasteiger partial charge in [-0.15, -0.1) is 0 Å². The summed E-state index contributed by atoms with van der Waals surface area (Å²) in [5.74, 6) is -1.91. The SMILES string of the molecule is O.O=C(c1ccccn1)C(F)(F)F. The van der Waals surface area contributed by atoms with Gasteiger partial charge in [-0.25, -0.2) is 0 Å². The number of Topliss-reactive ketones (excluding diaryl/α,β-unsaturated/α-hetero) is 1. The molecule has 1 heterocycles. The molecule has 0 amide bonds. The Morgan fingerprint density at radius 1 is 1.31 bits per heavy atom. The second-order valence-electron chi connectivity index (χ2n) is 2.04. The van der Waals surface area contributed by atoms with Crippen molar-refractivity contribution < 1.29 is 23.4 Å². The fourth-order valence-electron chi connectivity index (χ4n) is 0.642. The monoisotopic (exact) mass is 193 g/mol. The van der Waals surface area contributed by atoms with Crippen LogP contribution < -0.4 is 0 Å². The largest absolute Gasteiger partial charge is 0.456 e. The third-order valence-corrected chi connectivity index (χ3v) is 1.15. The van der Waals surface area contributed by atoms with Crippen LogP contribution in [0.25, 0.3) is 0 Å². The third kappa shape index (κ3) is 2.83. The molecule has 0 spiro atoms. The Morgan fingerprint density at radius 3 is 2.31 bits per heavy atom. The van der Waals surface area contributed by atoms with E-state index in [0.717, 1.165) is 12.3 Å². The molecule has 6 heteroatoms. The minimum Gasteiger partial charge on any atom is -0.412 e. The first-order valence-corrected chi connectivity index (χ1v) is 3.04. The molecular weight excluding hydrogens is 187 g/mol. The van der Waals surface area contributed by atoms with Crippen molar-refractivity contribution in [2.24, 2.45) is 0 Å². The maximum Gasteiger partial charge on any atom is 0.456 e. The van der Waals surface area contributed by atoms with Gasteiger partial charge in [-0.05, 0) is 12.1 Å². The maximum atomic E-state index is 11.7. The van der Waals surface area contributed by atoms with Crippen LogP contribution in [0.15, 0.2) is 24.4 Å². The van der Waals surface area contributed by atoms with Gasteiger partial charge in [-0.1, -0.05) is 6.07 Å². The van der Waals surface area contributed by atoms with E-state index < -0.39 is 17.7 Å². The van der Waals surface area contributed by atoms with Gasteiger partial charge in [0, 0.05) is 6.20 Å². The molecule has 72 valence electrons. The fraction of sp³-hybridized carbons (Fsp3) is 0.143. The first kappa shape index (κ1) is 11.6. The zero-order valence-corrected chi connectivity index (χ0v) is 6.30. The highest BCUT2D eigenvalue weighted by molar-refractivity contribution is 5.98. The molecule has 2 N–H and O–H groups in total. The molecule has 1 rings (SSSR count). The minimum absolute atomic E-state index is 0. The first-order chi connectivity index (χ1) is 5.52. The molecule has 0 aliphatic rings. The molecule has 0 fully saturated rings. The summed E-state index contributed by atoms with van der Waals surface area (Å²) in [6, 6.07) is 3.79.